The molecule has 1 aliphatic heterocycles. The van der Waals surface area contributed by atoms with Crippen LogP contribution in [0.15, 0.2) is 53.4 Å². The van der Waals surface area contributed by atoms with E-state index in [9.17, 15) is 18.0 Å². The number of benzene rings is 2. The minimum Gasteiger partial charge on any atom is -0.350 e. The number of piperidine rings is 1. The molecule has 0 aromatic heterocycles. The number of aryl methyl sites for hydroxylation is 2. The van der Waals surface area contributed by atoms with Crippen LogP contribution in [0.3, 0.4) is 0 Å². The van der Waals surface area contributed by atoms with Crippen LogP contribution in [0.1, 0.15) is 42.4 Å². The van der Waals surface area contributed by atoms with Crippen LogP contribution < -0.4 is 10.6 Å². The molecule has 1 saturated heterocycles. The second-order valence-electron chi connectivity index (χ2n) is 8.80. The summed E-state index contributed by atoms with van der Waals surface area (Å²) in [6, 6.07) is 15.1. The Morgan fingerprint density at radius 3 is 2.33 bits per heavy atom. The lowest BCUT2D eigenvalue weighted by molar-refractivity contribution is -0.129. The number of hydrogen-bond donors (Lipinski definition) is 2. The second kappa shape index (κ2) is 10.5. The van der Waals surface area contributed by atoms with Crippen LogP contribution >= 0.6 is 0 Å². The van der Waals surface area contributed by atoms with Crippen LogP contribution in [0.25, 0.3) is 0 Å². The molecule has 33 heavy (non-hydrogen) atoms. The Morgan fingerprint density at radius 2 is 1.61 bits per heavy atom. The lowest BCUT2D eigenvalue weighted by Crippen LogP contribution is -2.45. The van der Waals surface area contributed by atoms with Crippen molar-refractivity contribution in [2.75, 3.05) is 19.6 Å². The molecule has 176 valence electrons. The molecular formula is C25H31N3O4S. The van der Waals surface area contributed by atoms with Crippen LogP contribution in [0.2, 0.25) is 0 Å². The van der Waals surface area contributed by atoms with Gasteiger partial charge in [0, 0.05) is 25.6 Å². The number of amides is 2. The molecule has 0 spiro atoms. The Balaban J connectivity index is 1.25. The maximum Gasteiger partial charge on any atom is 0.243 e. The maximum atomic E-state index is 13.1. The number of carbonyl (C=O) groups is 2. The largest absolute Gasteiger partial charge is 0.350 e. The summed E-state index contributed by atoms with van der Waals surface area (Å²) in [6.07, 6.45) is 5.09. The van der Waals surface area contributed by atoms with Gasteiger partial charge in [-0.1, -0.05) is 36.4 Å². The van der Waals surface area contributed by atoms with Gasteiger partial charge in [0.15, 0.2) is 0 Å². The number of fused-ring (bicyclic) bond motifs is 1. The van der Waals surface area contributed by atoms with E-state index in [4.69, 9.17) is 0 Å². The molecule has 1 heterocycles. The summed E-state index contributed by atoms with van der Waals surface area (Å²) in [6.45, 7) is 0.934. The van der Waals surface area contributed by atoms with Crippen molar-refractivity contribution in [1.29, 1.82) is 0 Å². The fourth-order valence-corrected chi connectivity index (χ4v) is 6.07. The summed E-state index contributed by atoms with van der Waals surface area (Å²) in [5, 5.41) is 5.47. The number of carbonyl (C=O) groups excluding carboxylic acids is 2. The monoisotopic (exact) mass is 469 g/mol. The van der Waals surface area contributed by atoms with E-state index in [0.717, 1.165) is 36.8 Å². The van der Waals surface area contributed by atoms with E-state index in [1.807, 2.05) is 42.5 Å². The van der Waals surface area contributed by atoms with Crippen molar-refractivity contribution in [2.45, 2.75) is 50.0 Å². The van der Waals surface area contributed by atoms with Gasteiger partial charge >= 0.3 is 0 Å². The van der Waals surface area contributed by atoms with Gasteiger partial charge < -0.3 is 10.6 Å². The Morgan fingerprint density at radius 1 is 0.909 bits per heavy atom. The first-order chi connectivity index (χ1) is 15.9. The van der Waals surface area contributed by atoms with Crippen molar-refractivity contribution < 1.29 is 18.0 Å². The van der Waals surface area contributed by atoms with E-state index in [2.05, 4.69) is 10.6 Å². The zero-order valence-electron chi connectivity index (χ0n) is 18.8. The zero-order chi connectivity index (χ0) is 23.3. The standard InChI is InChI=1S/C25H31N3O4S/c29-24(26-17-19-6-2-1-3-7-19)18-27-25(30)21-12-14-28(15-13-21)33(31,32)23-11-10-20-8-4-5-9-22(20)16-23/h1-3,6-7,10-11,16,21H,4-5,8-9,12-15,17-18H2,(H,26,29)(H,27,30). The van der Waals surface area contributed by atoms with Gasteiger partial charge in [0.25, 0.3) is 0 Å². The molecule has 2 amide bonds. The average molecular weight is 470 g/mol. The van der Waals surface area contributed by atoms with Gasteiger partial charge in [-0.2, -0.15) is 4.31 Å². The molecule has 0 radical (unpaired) electrons. The normalized spacial score (nSPS) is 17.2. The molecule has 0 bridgehead atoms. The van der Waals surface area contributed by atoms with Crippen molar-refractivity contribution in [3.63, 3.8) is 0 Å². The molecule has 0 atom stereocenters. The topological polar surface area (TPSA) is 95.6 Å². The van der Waals surface area contributed by atoms with Crippen molar-refractivity contribution in [3.05, 3.63) is 65.2 Å². The van der Waals surface area contributed by atoms with Gasteiger partial charge in [-0.05, 0) is 67.3 Å². The second-order valence-corrected chi connectivity index (χ2v) is 10.7. The molecule has 8 heteroatoms. The Labute approximate surface area is 195 Å². The number of nitrogens with zero attached hydrogens (tertiary/aromatic N) is 1. The lowest BCUT2D eigenvalue weighted by Gasteiger charge is -2.31. The van der Waals surface area contributed by atoms with E-state index in [0.29, 0.717) is 37.4 Å². The fourth-order valence-electron chi connectivity index (χ4n) is 4.55. The van der Waals surface area contributed by atoms with Crippen molar-refractivity contribution in [2.24, 2.45) is 5.92 Å². The van der Waals surface area contributed by atoms with Crippen molar-refractivity contribution in [3.8, 4) is 0 Å². The summed E-state index contributed by atoms with van der Waals surface area (Å²) in [7, 11) is -3.57. The highest BCUT2D eigenvalue weighted by molar-refractivity contribution is 7.89. The van der Waals surface area contributed by atoms with E-state index in [1.165, 1.54) is 9.87 Å². The maximum absolute atomic E-state index is 13.1. The van der Waals surface area contributed by atoms with Crippen LogP contribution in [-0.4, -0.2) is 44.2 Å². The molecule has 2 aromatic carbocycles. The van der Waals surface area contributed by atoms with Gasteiger partial charge in [0.1, 0.15) is 0 Å². The van der Waals surface area contributed by atoms with Gasteiger partial charge in [-0.25, -0.2) is 8.42 Å². The molecule has 0 unspecified atom stereocenters. The minimum atomic E-state index is -3.57. The number of nitrogens with one attached hydrogen (secondary N) is 2. The van der Waals surface area contributed by atoms with Crippen molar-refractivity contribution in [1.82, 2.24) is 14.9 Å². The Kier molecular flexibility index (Phi) is 7.45. The summed E-state index contributed by atoms with van der Waals surface area (Å²) < 4.78 is 27.7. The van der Waals surface area contributed by atoms with Gasteiger partial charge in [0.05, 0.1) is 11.4 Å². The molecule has 4 rings (SSSR count). The first-order valence-corrected chi connectivity index (χ1v) is 13.1. The highest BCUT2D eigenvalue weighted by atomic mass is 32.2. The first-order valence-electron chi connectivity index (χ1n) is 11.6. The molecule has 2 aromatic rings. The third-order valence-electron chi connectivity index (χ3n) is 6.54. The van der Waals surface area contributed by atoms with E-state index in [-0.39, 0.29) is 24.3 Å². The van der Waals surface area contributed by atoms with Gasteiger partial charge in [0.2, 0.25) is 21.8 Å². The summed E-state index contributed by atoms with van der Waals surface area (Å²) in [4.78, 5) is 24.9. The highest BCUT2D eigenvalue weighted by Crippen LogP contribution is 2.28. The number of rotatable bonds is 7. The molecule has 2 N–H and O–H groups in total. The smallest absolute Gasteiger partial charge is 0.243 e. The average Bonchev–Trinajstić information content (AvgIpc) is 2.86. The quantitative estimate of drug-likeness (QED) is 0.651. The van der Waals surface area contributed by atoms with Crippen molar-refractivity contribution >= 4 is 21.8 Å². The minimum absolute atomic E-state index is 0.0840. The fraction of sp³-hybridized carbons (Fsp3) is 0.440. The third-order valence-corrected chi connectivity index (χ3v) is 8.43. The molecule has 1 aliphatic carbocycles. The number of hydrogen-bond acceptors (Lipinski definition) is 4. The summed E-state index contributed by atoms with van der Waals surface area (Å²) in [5.41, 5.74) is 3.38. The predicted molar refractivity (Wildman–Crippen MR) is 126 cm³/mol. The molecule has 0 saturated carbocycles. The zero-order valence-corrected chi connectivity index (χ0v) is 19.6. The predicted octanol–water partition coefficient (Wildman–Crippen LogP) is 2.40. The molecule has 7 nitrogen and oxygen atoms in total. The van der Waals surface area contributed by atoms with E-state index in [1.54, 1.807) is 6.07 Å². The lowest BCUT2D eigenvalue weighted by atomic mass is 9.92. The molecule has 2 aliphatic rings. The van der Waals surface area contributed by atoms with Crippen LogP contribution in [-0.2, 0) is 39.0 Å². The van der Waals surface area contributed by atoms with Crippen LogP contribution in [0.5, 0.6) is 0 Å². The van der Waals surface area contributed by atoms with E-state index >= 15 is 0 Å². The molecule has 1 fully saturated rings. The highest BCUT2D eigenvalue weighted by Gasteiger charge is 2.32. The summed E-state index contributed by atoms with van der Waals surface area (Å²) >= 11 is 0. The van der Waals surface area contributed by atoms with E-state index < -0.39 is 10.0 Å². The Bertz CT molecular complexity index is 1090. The van der Waals surface area contributed by atoms with Gasteiger partial charge in [-0.15, -0.1) is 0 Å². The SMILES string of the molecule is O=C(CNC(=O)C1CCN(S(=O)(=O)c2ccc3c(c2)CCCC3)CC1)NCc1ccccc1. The Hall–Kier alpha value is -2.71. The molecular weight excluding hydrogens is 438 g/mol. The summed E-state index contributed by atoms with van der Waals surface area (Å²) in [5.74, 6) is -0.739. The number of sulfonamides is 1. The van der Waals surface area contributed by atoms with Gasteiger partial charge in [-0.3, -0.25) is 9.59 Å². The van der Waals surface area contributed by atoms with Crippen LogP contribution in [0, 0.1) is 5.92 Å². The van der Waals surface area contributed by atoms with Crippen LogP contribution in [0.4, 0.5) is 0 Å². The first kappa shape index (κ1) is 23.4. The third kappa shape index (κ3) is 5.81.